The summed E-state index contributed by atoms with van der Waals surface area (Å²) in [6.07, 6.45) is 11.6. The number of hydrogen-bond donors (Lipinski definition) is 0. The quantitative estimate of drug-likeness (QED) is 0.662. The van der Waals surface area contributed by atoms with Crippen molar-refractivity contribution in [3.8, 4) is 11.3 Å². The predicted molar refractivity (Wildman–Crippen MR) is 107 cm³/mol. The number of likely N-dealkylation sites (tertiary alicyclic amines) is 1. The van der Waals surface area contributed by atoms with Crippen LogP contribution < -0.4 is 0 Å². The fourth-order valence-electron chi connectivity index (χ4n) is 4.32. The van der Waals surface area contributed by atoms with Gasteiger partial charge in [-0.3, -0.25) is 0 Å². The average molecular weight is 408 g/mol. The number of fused-ring (bicyclic) bond motifs is 2. The van der Waals surface area contributed by atoms with Crippen molar-refractivity contribution in [1.82, 2.24) is 29.0 Å². The summed E-state index contributed by atoms with van der Waals surface area (Å²) in [7, 11) is 0. The van der Waals surface area contributed by atoms with Gasteiger partial charge in [0.2, 0.25) is 0 Å². The lowest BCUT2D eigenvalue weighted by Gasteiger charge is -2.30. The van der Waals surface area contributed by atoms with Gasteiger partial charge >= 0.3 is 6.09 Å². The first kappa shape index (κ1) is 17.9. The molecule has 9 nitrogen and oxygen atoms in total. The number of ether oxygens (including phenoxy) is 2. The van der Waals surface area contributed by atoms with Crippen LogP contribution >= 0.6 is 0 Å². The Morgan fingerprint density at radius 2 is 1.97 bits per heavy atom. The van der Waals surface area contributed by atoms with Gasteiger partial charge in [-0.2, -0.15) is 5.10 Å². The molecule has 1 aliphatic carbocycles. The summed E-state index contributed by atoms with van der Waals surface area (Å²) in [5.74, 6) is 1.30. The number of rotatable bonds is 3. The molecule has 0 unspecified atom stereocenters. The minimum atomic E-state index is -0.160. The van der Waals surface area contributed by atoms with E-state index in [0.717, 1.165) is 67.1 Å². The molecule has 0 aromatic carbocycles. The molecule has 6 rings (SSSR count). The molecule has 3 aromatic heterocycles. The molecule has 0 bridgehead atoms. The van der Waals surface area contributed by atoms with Crippen LogP contribution in [0.15, 0.2) is 24.8 Å². The van der Waals surface area contributed by atoms with E-state index >= 15 is 0 Å². The van der Waals surface area contributed by atoms with Gasteiger partial charge in [0.15, 0.2) is 5.65 Å². The normalized spacial score (nSPS) is 19.8. The first-order valence-corrected chi connectivity index (χ1v) is 10.7. The maximum atomic E-state index is 12.2. The van der Waals surface area contributed by atoms with Crippen molar-refractivity contribution >= 4 is 11.7 Å². The molecule has 30 heavy (non-hydrogen) atoms. The van der Waals surface area contributed by atoms with E-state index in [2.05, 4.69) is 20.8 Å². The van der Waals surface area contributed by atoms with E-state index in [4.69, 9.17) is 14.5 Å². The Morgan fingerprint density at radius 1 is 1.10 bits per heavy atom. The topological polar surface area (TPSA) is 86.8 Å². The summed E-state index contributed by atoms with van der Waals surface area (Å²) < 4.78 is 14.9. The third-order valence-corrected chi connectivity index (χ3v) is 6.23. The number of imidazole rings is 1. The van der Waals surface area contributed by atoms with Crippen molar-refractivity contribution < 1.29 is 14.3 Å². The molecule has 0 spiro atoms. The summed E-state index contributed by atoms with van der Waals surface area (Å²) in [4.78, 5) is 23.4. The highest BCUT2D eigenvalue weighted by atomic mass is 16.6. The largest absolute Gasteiger partial charge is 0.446 e. The van der Waals surface area contributed by atoms with Crippen molar-refractivity contribution in [2.24, 2.45) is 0 Å². The fraction of sp³-hybridized carbons (Fsp3) is 0.524. The lowest BCUT2D eigenvalue weighted by Crippen LogP contribution is -2.38. The highest BCUT2D eigenvalue weighted by molar-refractivity contribution is 5.68. The second kappa shape index (κ2) is 7.09. The van der Waals surface area contributed by atoms with Gasteiger partial charge in [0.25, 0.3) is 0 Å². The zero-order chi connectivity index (χ0) is 20.1. The fourth-order valence-corrected chi connectivity index (χ4v) is 4.32. The van der Waals surface area contributed by atoms with Crippen molar-refractivity contribution in [1.29, 1.82) is 0 Å². The molecular weight excluding hydrogens is 384 g/mol. The zero-order valence-corrected chi connectivity index (χ0v) is 16.7. The summed E-state index contributed by atoms with van der Waals surface area (Å²) in [6.45, 7) is 3.53. The smallest absolute Gasteiger partial charge is 0.410 e. The first-order valence-electron chi connectivity index (χ1n) is 10.7. The molecule has 0 radical (unpaired) electrons. The molecule has 0 atom stereocenters. The Balaban J connectivity index is 1.19. The highest BCUT2D eigenvalue weighted by Crippen LogP contribution is 2.32. The number of carbonyl (C=O) groups excluding carboxylic acids is 1. The number of piperidine rings is 1. The van der Waals surface area contributed by atoms with E-state index < -0.39 is 0 Å². The van der Waals surface area contributed by atoms with Gasteiger partial charge in [0, 0.05) is 49.4 Å². The molecule has 5 heterocycles. The van der Waals surface area contributed by atoms with Crippen LogP contribution in [0.1, 0.15) is 43.0 Å². The number of amides is 1. The number of hydrogen-bond acceptors (Lipinski definition) is 6. The van der Waals surface area contributed by atoms with Crippen LogP contribution in [0, 0.1) is 0 Å². The molecule has 2 fully saturated rings. The van der Waals surface area contributed by atoms with E-state index in [9.17, 15) is 4.79 Å². The Hall–Kier alpha value is -2.94. The van der Waals surface area contributed by atoms with Crippen LogP contribution in [0.25, 0.3) is 16.9 Å². The van der Waals surface area contributed by atoms with Gasteiger partial charge in [0.1, 0.15) is 18.5 Å². The maximum absolute atomic E-state index is 12.2. The SMILES string of the molecule is O=C(OC1CC1)N1CCC(c2cnn3cc(-c4cn5c(n4)COCC5)cnc23)CC1. The second-order valence-electron chi connectivity index (χ2n) is 8.34. The lowest BCUT2D eigenvalue weighted by atomic mass is 9.91. The van der Waals surface area contributed by atoms with Crippen LogP contribution in [0.5, 0.6) is 0 Å². The van der Waals surface area contributed by atoms with E-state index in [1.807, 2.05) is 28.0 Å². The maximum Gasteiger partial charge on any atom is 0.410 e. The van der Waals surface area contributed by atoms with Crippen LogP contribution in [0.2, 0.25) is 0 Å². The Bertz CT molecular complexity index is 1070. The highest BCUT2D eigenvalue weighted by Gasteiger charge is 2.31. The van der Waals surface area contributed by atoms with Crippen molar-refractivity contribution in [2.45, 2.75) is 50.9 Å². The minimum Gasteiger partial charge on any atom is -0.446 e. The van der Waals surface area contributed by atoms with Crippen molar-refractivity contribution in [3.63, 3.8) is 0 Å². The third-order valence-electron chi connectivity index (χ3n) is 6.23. The summed E-state index contributed by atoms with van der Waals surface area (Å²) >= 11 is 0. The average Bonchev–Trinajstić information content (AvgIpc) is 3.33. The van der Waals surface area contributed by atoms with Gasteiger partial charge in [0.05, 0.1) is 18.5 Å². The molecule has 156 valence electrons. The Labute approximate surface area is 173 Å². The first-order chi connectivity index (χ1) is 14.7. The molecule has 3 aromatic rings. The van der Waals surface area contributed by atoms with Crippen LogP contribution in [-0.4, -0.2) is 60.9 Å². The lowest BCUT2D eigenvalue weighted by molar-refractivity contribution is 0.0816. The molecule has 3 aliphatic rings. The van der Waals surface area contributed by atoms with Crippen LogP contribution in [0.4, 0.5) is 4.79 Å². The zero-order valence-electron chi connectivity index (χ0n) is 16.7. The van der Waals surface area contributed by atoms with Gasteiger partial charge in [-0.05, 0) is 31.6 Å². The minimum absolute atomic E-state index is 0.154. The Kier molecular flexibility index (Phi) is 4.22. The molecule has 2 aliphatic heterocycles. The van der Waals surface area contributed by atoms with E-state index in [1.165, 1.54) is 0 Å². The second-order valence-corrected chi connectivity index (χ2v) is 8.34. The molecule has 1 amide bonds. The van der Waals surface area contributed by atoms with E-state index in [-0.39, 0.29) is 12.2 Å². The third kappa shape index (κ3) is 3.23. The van der Waals surface area contributed by atoms with Crippen LogP contribution in [-0.2, 0) is 22.6 Å². The monoisotopic (exact) mass is 408 g/mol. The van der Waals surface area contributed by atoms with Gasteiger partial charge in [-0.25, -0.2) is 19.3 Å². The summed E-state index contributed by atoms with van der Waals surface area (Å²) in [5.41, 5.74) is 3.86. The summed E-state index contributed by atoms with van der Waals surface area (Å²) in [5, 5.41) is 4.55. The number of nitrogens with zero attached hydrogens (tertiary/aromatic N) is 6. The van der Waals surface area contributed by atoms with Gasteiger partial charge < -0.3 is 18.9 Å². The Morgan fingerprint density at radius 3 is 2.77 bits per heavy atom. The standard InChI is InChI=1S/C21H24N6O3/c28-21(30-16-1-2-16)25-5-3-14(4-6-25)17-10-23-27-11-15(9-22-20(17)27)18-12-26-7-8-29-13-19(26)24-18/h9-12,14,16H,1-8,13H2. The summed E-state index contributed by atoms with van der Waals surface area (Å²) in [6, 6.07) is 0. The van der Waals surface area contributed by atoms with E-state index in [0.29, 0.717) is 25.6 Å². The van der Waals surface area contributed by atoms with Crippen molar-refractivity contribution in [3.05, 3.63) is 36.2 Å². The van der Waals surface area contributed by atoms with Gasteiger partial charge in [-0.1, -0.05) is 0 Å². The predicted octanol–water partition coefficient (Wildman–Crippen LogP) is 2.60. The van der Waals surface area contributed by atoms with E-state index in [1.54, 1.807) is 0 Å². The van der Waals surface area contributed by atoms with Crippen LogP contribution in [0.3, 0.4) is 0 Å². The molecule has 1 saturated heterocycles. The molecule has 9 heteroatoms. The number of carbonyl (C=O) groups is 1. The van der Waals surface area contributed by atoms with Gasteiger partial charge in [-0.15, -0.1) is 0 Å². The number of aromatic nitrogens is 5. The molecule has 1 saturated carbocycles. The molecular formula is C21H24N6O3. The van der Waals surface area contributed by atoms with Crippen molar-refractivity contribution in [2.75, 3.05) is 19.7 Å². The molecule has 0 N–H and O–H groups in total.